The summed E-state index contributed by atoms with van der Waals surface area (Å²) in [4.78, 5) is 17.0. The van der Waals surface area contributed by atoms with Gasteiger partial charge in [-0.3, -0.25) is 0 Å². The molecule has 0 aliphatic carbocycles. The van der Waals surface area contributed by atoms with Gasteiger partial charge in [0.2, 0.25) is 0 Å². The van der Waals surface area contributed by atoms with E-state index in [1.807, 2.05) is 6.08 Å². The Labute approximate surface area is 98.6 Å². The fraction of sp³-hybridized carbons (Fsp3) is 0.333. The summed E-state index contributed by atoms with van der Waals surface area (Å²) < 4.78 is 5.50. The zero-order valence-electron chi connectivity index (χ0n) is 9.28. The van der Waals surface area contributed by atoms with Gasteiger partial charge in [0.1, 0.15) is 17.4 Å². The van der Waals surface area contributed by atoms with Gasteiger partial charge in [0.15, 0.2) is 5.65 Å². The summed E-state index contributed by atoms with van der Waals surface area (Å²) in [6.45, 7) is 0. The highest BCUT2D eigenvalue weighted by atomic mass is 16.5. The minimum absolute atomic E-state index is 0.175. The lowest BCUT2D eigenvalue weighted by atomic mass is 10.1. The average molecular weight is 228 g/mol. The second-order valence-electron chi connectivity index (χ2n) is 3.96. The molecule has 0 amide bonds. The van der Waals surface area contributed by atoms with Gasteiger partial charge in [0, 0.05) is 18.8 Å². The molecule has 0 spiro atoms. The lowest BCUT2D eigenvalue weighted by molar-refractivity contribution is 0.122. The third-order valence-corrected chi connectivity index (χ3v) is 2.71. The highest BCUT2D eigenvalue weighted by Crippen LogP contribution is 2.14. The Kier molecular flexibility index (Phi) is 2.65. The van der Waals surface area contributed by atoms with E-state index in [1.54, 1.807) is 24.9 Å². The van der Waals surface area contributed by atoms with E-state index in [1.165, 1.54) is 0 Å². The van der Waals surface area contributed by atoms with Crippen LogP contribution in [0.1, 0.15) is 18.7 Å². The quantitative estimate of drug-likeness (QED) is 0.782. The van der Waals surface area contributed by atoms with Crippen LogP contribution in [0.15, 0.2) is 30.9 Å². The van der Waals surface area contributed by atoms with Crippen LogP contribution >= 0.6 is 0 Å². The summed E-state index contributed by atoms with van der Waals surface area (Å²) in [5, 5.41) is 0. The van der Waals surface area contributed by atoms with Crippen LogP contribution in [0, 0.1) is 0 Å². The van der Waals surface area contributed by atoms with Gasteiger partial charge in [-0.05, 0) is 18.9 Å². The number of allylic oxidation sites excluding steroid dienone is 1. The Hall–Kier alpha value is -2.04. The third kappa shape index (κ3) is 2.22. The zero-order valence-corrected chi connectivity index (χ0v) is 9.28. The van der Waals surface area contributed by atoms with Crippen molar-refractivity contribution >= 4 is 11.2 Å². The molecule has 1 unspecified atom stereocenters. The minimum atomic E-state index is 0.175. The van der Waals surface area contributed by atoms with Crippen molar-refractivity contribution in [3.8, 4) is 0 Å². The molecule has 0 radical (unpaired) electrons. The fourth-order valence-corrected chi connectivity index (χ4v) is 1.84. The van der Waals surface area contributed by atoms with Crippen LogP contribution in [-0.4, -0.2) is 26.0 Å². The highest BCUT2D eigenvalue weighted by Gasteiger charge is 2.14. The van der Waals surface area contributed by atoms with E-state index in [-0.39, 0.29) is 6.10 Å². The van der Waals surface area contributed by atoms with E-state index in [0.29, 0.717) is 5.65 Å². The molecule has 0 saturated heterocycles. The van der Waals surface area contributed by atoms with Gasteiger partial charge in [-0.25, -0.2) is 19.9 Å². The Morgan fingerprint density at radius 1 is 1.24 bits per heavy atom. The van der Waals surface area contributed by atoms with Gasteiger partial charge in [-0.1, -0.05) is 0 Å². The van der Waals surface area contributed by atoms with Crippen molar-refractivity contribution in [3.05, 3.63) is 36.8 Å². The first kappa shape index (κ1) is 10.1. The molecule has 3 rings (SSSR count). The van der Waals surface area contributed by atoms with Crippen LogP contribution in [-0.2, 0) is 11.2 Å². The SMILES string of the molecule is C1=COC(Cc2ncc3nccnc3n2)CC1. The molecule has 0 fully saturated rings. The topological polar surface area (TPSA) is 60.8 Å². The van der Waals surface area contributed by atoms with Gasteiger partial charge in [0.05, 0.1) is 12.5 Å². The van der Waals surface area contributed by atoms with E-state index >= 15 is 0 Å². The molecule has 5 nitrogen and oxygen atoms in total. The average Bonchev–Trinajstić information content (AvgIpc) is 2.40. The van der Waals surface area contributed by atoms with E-state index < -0.39 is 0 Å². The molecular formula is C12H12N4O. The molecule has 17 heavy (non-hydrogen) atoms. The Morgan fingerprint density at radius 3 is 3.06 bits per heavy atom. The first-order valence-corrected chi connectivity index (χ1v) is 5.65. The summed E-state index contributed by atoms with van der Waals surface area (Å²) in [7, 11) is 0. The Morgan fingerprint density at radius 2 is 2.18 bits per heavy atom. The van der Waals surface area contributed by atoms with Crippen LogP contribution in [0.25, 0.3) is 11.2 Å². The molecule has 2 aromatic heterocycles. The third-order valence-electron chi connectivity index (χ3n) is 2.71. The normalized spacial score (nSPS) is 19.2. The van der Waals surface area contributed by atoms with E-state index in [2.05, 4.69) is 19.9 Å². The number of hydrogen-bond acceptors (Lipinski definition) is 5. The molecule has 0 saturated carbocycles. The maximum Gasteiger partial charge on any atom is 0.181 e. The number of rotatable bonds is 2. The molecule has 1 aliphatic heterocycles. The van der Waals surface area contributed by atoms with Crippen molar-refractivity contribution < 1.29 is 4.74 Å². The first-order valence-electron chi connectivity index (χ1n) is 5.65. The molecule has 5 heteroatoms. The van der Waals surface area contributed by atoms with Crippen LogP contribution in [0.4, 0.5) is 0 Å². The first-order chi connectivity index (χ1) is 8.42. The molecule has 0 bridgehead atoms. The van der Waals surface area contributed by atoms with Gasteiger partial charge in [-0.15, -0.1) is 0 Å². The molecule has 86 valence electrons. The maximum atomic E-state index is 5.50. The van der Waals surface area contributed by atoms with Crippen LogP contribution in [0.3, 0.4) is 0 Å². The lowest BCUT2D eigenvalue weighted by Gasteiger charge is -2.18. The van der Waals surface area contributed by atoms with E-state index in [0.717, 1.165) is 30.6 Å². The second-order valence-corrected chi connectivity index (χ2v) is 3.96. The fourth-order valence-electron chi connectivity index (χ4n) is 1.84. The van der Waals surface area contributed by atoms with Crippen molar-refractivity contribution in [2.45, 2.75) is 25.4 Å². The standard InChI is InChI=1S/C12H12N4O/c1-2-6-17-9(3-1)7-11-15-8-10-12(16-11)14-5-4-13-10/h2,4-6,8-9H,1,3,7H2. The van der Waals surface area contributed by atoms with Crippen molar-refractivity contribution in [2.24, 2.45) is 0 Å². The summed E-state index contributed by atoms with van der Waals surface area (Å²) in [5.74, 6) is 0.762. The number of nitrogens with zero attached hydrogens (tertiary/aromatic N) is 4. The summed E-state index contributed by atoms with van der Waals surface area (Å²) >= 11 is 0. The largest absolute Gasteiger partial charge is 0.498 e. The monoisotopic (exact) mass is 228 g/mol. The number of aromatic nitrogens is 4. The van der Waals surface area contributed by atoms with Crippen molar-refractivity contribution in [1.29, 1.82) is 0 Å². The predicted octanol–water partition coefficient (Wildman–Crippen LogP) is 1.65. The number of ether oxygens (including phenoxy) is 1. The zero-order chi connectivity index (χ0) is 11.5. The summed E-state index contributed by atoms with van der Waals surface area (Å²) in [5.41, 5.74) is 1.37. The molecule has 1 aliphatic rings. The second kappa shape index (κ2) is 4.45. The molecule has 0 aromatic carbocycles. The van der Waals surface area contributed by atoms with Gasteiger partial charge in [-0.2, -0.15) is 0 Å². The van der Waals surface area contributed by atoms with Crippen molar-refractivity contribution in [2.75, 3.05) is 0 Å². The predicted molar refractivity (Wildman–Crippen MR) is 62.1 cm³/mol. The van der Waals surface area contributed by atoms with Crippen LogP contribution < -0.4 is 0 Å². The molecule has 3 heterocycles. The van der Waals surface area contributed by atoms with Crippen LogP contribution in [0.5, 0.6) is 0 Å². The number of hydrogen-bond donors (Lipinski definition) is 0. The van der Waals surface area contributed by atoms with Gasteiger partial charge in [0.25, 0.3) is 0 Å². The minimum Gasteiger partial charge on any atom is -0.498 e. The molecule has 2 aromatic rings. The molecular weight excluding hydrogens is 216 g/mol. The number of fused-ring (bicyclic) bond motifs is 1. The Bertz CT molecular complexity index is 555. The van der Waals surface area contributed by atoms with E-state index in [4.69, 9.17) is 4.74 Å². The van der Waals surface area contributed by atoms with Crippen LogP contribution in [0.2, 0.25) is 0 Å². The van der Waals surface area contributed by atoms with Gasteiger partial charge < -0.3 is 4.74 Å². The van der Waals surface area contributed by atoms with Crippen molar-refractivity contribution in [3.63, 3.8) is 0 Å². The molecule has 0 N–H and O–H groups in total. The lowest BCUT2D eigenvalue weighted by Crippen LogP contribution is -2.17. The van der Waals surface area contributed by atoms with Crippen molar-refractivity contribution in [1.82, 2.24) is 19.9 Å². The Balaban J connectivity index is 1.83. The smallest absolute Gasteiger partial charge is 0.181 e. The maximum absolute atomic E-state index is 5.50. The highest BCUT2D eigenvalue weighted by molar-refractivity contribution is 5.67. The summed E-state index contributed by atoms with van der Waals surface area (Å²) in [6, 6.07) is 0. The summed E-state index contributed by atoms with van der Waals surface area (Å²) in [6.07, 6.45) is 11.7. The molecule has 1 atom stereocenters. The van der Waals surface area contributed by atoms with E-state index in [9.17, 15) is 0 Å². The van der Waals surface area contributed by atoms with Gasteiger partial charge >= 0.3 is 0 Å².